The van der Waals surface area contributed by atoms with Crippen molar-refractivity contribution in [2.45, 2.75) is 44.9 Å². The summed E-state index contributed by atoms with van der Waals surface area (Å²) in [5.74, 6) is 0. The van der Waals surface area contributed by atoms with Crippen LogP contribution in [0.5, 0.6) is 0 Å². The van der Waals surface area contributed by atoms with Crippen LogP contribution < -0.4 is 9.80 Å². The van der Waals surface area contributed by atoms with Crippen LogP contribution in [0.2, 0.25) is 0 Å². The summed E-state index contributed by atoms with van der Waals surface area (Å²) in [6.45, 7) is 4.78. The molecule has 0 bridgehead atoms. The van der Waals surface area contributed by atoms with E-state index in [1.807, 2.05) is 0 Å². The first kappa shape index (κ1) is 37.8. The zero-order chi connectivity index (χ0) is 43.2. The molecule has 10 aromatic carbocycles. The Labute approximate surface area is 381 Å². The summed E-state index contributed by atoms with van der Waals surface area (Å²) < 4.78 is 0. The molecule has 0 radical (unpaired) electrons. The van der Waals surface area contributed by atoms with E-state index >= 15 is 0 Å². The molecule has 13 rings (SSSR count). The van der Waals surface area contributed by atoms with Gasteiger partial charge in [-0.25, -0.2) is 0 Å². The first-order valence-electron chi connectivity index (χ1n) is 23.3. The fourth-order valence-corrected chi connectivity index (χ4v) is 11.7. The smallest absolute Gasteiger partial charge is 0.0493 e. The molecule has 0 fully saturated rings. The van der Waals surface area contributed by atoms with Gasteiger partial charge in [0, 0.05) is 39.5 Å². The van der Waals surface area contributed by atoms with Crippen LogP contribution in [0.15, 0.2) is 206 Å². The summed E-state index contributed by atoms with van der Waals surface area (Å²) in [7, 11) is 0. The molecule has 10 aromatic rings. The van der Waals surface area contributed by atoms with Crippen molar-refractivity contribution in [2.24, 2.45) is 0 Å². The van der Waals surface area contributed by atoms with Crippen LogP contribution in [0.25, 0.3) is 54.9 Å². The lowest BCUT2D eigenvalue weighted by molar-refractivity contribution is 0.660. The number of rotatable bonds is 4. The number of fused-ring (bicyclic) bond motifs is 9. The number of para-hydroxylation sites is 4. The number of hydrogen-bond donors (Lipinski definition) is 0. The molecular weight excluding hydrogens is 785 g/mol. The number of anilines is 6. The fraction of sp³-hybridized carbons (Fsp3) is 0.111. The Kier molecular flexibility index (Phi) is 8.55. The van der Waals surface area contributed by atoms with Gasteiger partial charge in [0.05, 0.1) is 0 Å². The van der Waals surface area contributed by atoms with Gasteiger partial charge >= 0.3 is 0 Å². The van der Waals surface area contributed by atoms with E-state index in [9.17, 15) is 0 Å². The van der Waals surface area contributed by atoms with Crippen molar-refractivity contribution in [2.75, 3.05) is 9.80 Å². The zero-order valence-electron chi connectivity index (χ0n) is 36.9. The predicted molar refractivity (Wildman–Crippen MR) is 274 cm³/mol. The fourth-order valence-electron chi connectivity index (χ4n) is 11.7. The molecule has 0 spiro atoms. The maximum absolute atomic E-state index is 2.52. The molecule has 65 heavy (non-hydrogen) atoms. The molecule has 0 N–H and O–H groups in total. The molecule has 2 heteroatoms. The Hall–Kier alpha value is -7.68. The van der Waals surface area contributed by atoms with Gasteiger partial charge < -0.3 is 9.80 Å². The van der Waals surface area contributed by atoms with Gasteiger partial charge in [0.2, 0.25) is 0 Å². The van der Waals surface area contributed by atoms with Crippen LogP contribution in [0.3, 0.4) is 0 Å². The summed E-state index contributed by atoms with van der Waals surface area (Å²) >= 11 is 0. The van der Waals surface area contributed by atoms with Crippen LogP contribution in [0, 0.1) is 0 Å². The van der Waals surface area contributed by atoms with Crippen LogP contribution in [-0.4, -0.2) is 0 Å². The number of aryl methyl sites for hydroxylation is 4. The quantitative estimate of drug-likeness (QED) is 0.163. The summed E-state index contributed by atoms with van der Waals surface area (Å²) in [5.41, 5.74) is 23.1. The number of hydrogen-bond acceptors (Lipinski definition) is 2. The van der Waals surface area contributed by atoms with Crippen molar-refractivity contribution >= 4 is 55.7 Å². The van der Waals surface area contributed by atoms with Crippen LogP contribution >= 0.6 is 0 Å². The van der Waals surface area contributed by atoms with E-state index < -0.39 is 0 Å². The van der Waals surface area contributed by atoms with Crippen molar-refractivity contribution in [3.8, 4) is 33.4 Å². The third-order valence-corrected chi connectivity index (χ3v) is 14.8. The number of nitrogens with zero attached hydrogens (tertiary/aromatic N) is 2. The lowest BCUT2D eigenvalue weighted by Gasteiger charge is -2.29. The molecule has 2 heterocycles. The molecule has 0 aromatic heterocycles. The standard InChI is InChI=1S/C63H48N2/c1-63(2)55-23-11-10-22-49(55)50-35-32-46(38-56(50)63)62-51-36-33-47(64-57-24-12-6-16-41(57)28-29-42-17-7-13-25-58(42)64)39-53(51)61(45-20-4-3-5-21-45)54-40-48(34-37-52(54)62)65-59-26-14-8-18-43(59)30-31-44-19-9-15-27-60(44)65/h3-27,32-40H,28-31H2,1-2H3. The van der Waals surface area contributed by atoms with Crippen molar-refractivity contribution in [1.82, 2.24) is 0 Å². The Morgan fingerprint density at radius 2 is 0.738 bits per heavy atom. The molecule has 0 unspecified atom stereocenters. The van der Waals surface area contributed by atoms with Gasteiger partial charge in [-0.05, 0) is 169 Å². The van der Waals surface area contributed by atoms with Gasteiger partial charge in [0.25, 0.3) is 0 Å². The predicted octanol–water partition coefficient (Wildman–Crippen LogP) is 16.8. The van der Waals surface area contributed by atoms with Gasteiger partial charge in [0.15, 0.2) is 0 Å². The van der Waals surface area contributed by atoms with E-state index in [0.717, 1.165) is 25.7 Å². The molecule has 0 saturated carbocycles. The molecular formula is C63H48N2. The van der Waals surface area contributed by atoms with Crippen molar-refractivity contribution in [3.05, 3.63) is 240 Å². The zero-order valence-corrected chi connectivity index (χ0v) is 36.9. The highest BCUT2D eigenvalue weighted by Gasteiger charge is 2.36. The van der Waals surface area contributed by atoms with Gasteiger partial charge in [-0.3, -0.25) is 0 Å². The van der Waals surface area contributed by atoms with E-state index in [2.05, 4.69) is 230 Å². The third-order valence-electron chi connectivity index (χ3n) is 14.8. The monoisotopic (exact) mass is 832 g/mol. The minimum Gasteiger partial charge on any atom is -0.310 e. The second kappa shape index (κ2) is 14.7. The van der Waals surface area contributed by atoms with E-state index in [-0.39, 0.29) is 5.41 Å². The average Bonchev–Trinajstić information content (AvgIpc) is 3.47. The SMILES string of the molecule is CC1(C)c2ccccc2-c2ccc(-c3c4ccc(N5c6ccccc6CCc6ccccc65)cc4c(-c4ccccc4)c4cc(N5c6ccccc6CCc6ccccc65)ccc34)cc21. The molecule has 3 aliphatic rings. The third kappa shape index (κ3) is 5.87. The van der Waals surface area contributed by atoms with Crippen molar-refractivity contribution < 1.29 is 0 Å². The number of benzene rings is 10. The second-order valence-electron chi connectivity index (χ2n) is 18.7. The molecule has 2 aliphatic heterocycles. The molecule has 0 atom stereocenters. The van der Waals surface area contributed by atoms with Gasteiger partial charge in [-0.1, -0.05) is 166 Å². The van der Waals surface area contributed by atoms with E-state index in [1.165, 1.54) is 122 Å². The molecule has 1 aliphatic carbocycles. The highest BCUT2D eigenvalue weighted by molar-refractivity contribution is 6.23. The summed E-state index contributed by atoms with van der Waals surface area (Å²) in [5, 5.41) is 4.99. The van der Waals surface area contributed by atoms with Crippen LogP contribution in [0.4, 0.5) is 34.1 Å². The molecule has 0 amide bonds. The summed E-state index contributed by atoms with van der Waals surface area (Å²) in [6.07, 6.45) is 4.02. The second-order valence-corrected chi connectivity index (χ2v) is 18.7. The van der Waals surface area contributed by atoms with E-state index in [0.29, 0.717) is 0 Å². The van der Waals surface area contributed by atoms with Crippen molar-refractivity contribution in [1.29, 1.82) is 0 Å². The Balaban J connectivity index is 1.14. The topological polar surface area (TPSA) is 6.48 Å². The minimum atomic E-state index is -0.126. The van der Waals surface area contributed by atoms with Crippen molar-refractivity contribution in [3.63, 3.8) is 0 Å². The minimum absolute atomic E-state index is 0.126. The van der Waals surface area contributed by atoms with Crippen LogP contribution in [-0.2, 0) is 31.1 Å². The highest BCUT2D eigenvalue weighted by atomic mass is 15.2. The first-order valence-corrected chi connectivity index (χ1v) is 23.3. The van der Waals surface area contributed by atoms with E-state index in [1.54, 1.807) is 0 Å². The molecule has 310 valence electrons. The van der Waals surface area contributed by atoms with E-state index in [4.69, 9.17) is 0 Å². The average molecular weight is 833 g/mol. The normalized spacial score (nSPS) is 14.4. The largest absolute Gasteiger partial charge is 0.310 e. The molecule has 2 nitrogen and oxygen atoms in total. The Morgan fingerprint density at radius 3 is 1.25 bits per heavy atom. The summed E-state index contributed by atoms with van der Waals surface area (Å²) in [6, 6.07) is 77.9. The van der Waals surface area contributed by atoms with Gasteiger partial charge in [-0.15, -0.1) is 0 Å². The molecule has 0 saturated heterocycles. The van der Waals surface area contributed by atoms with Crippen LogP contribution in [0.1, 0.15) is 47.2 Å². The summed E-state index contributed by atoms with van der Waals surface area (Å²) in [4.78, 5) is 5.04. The highest BCUT2D eigenvalue weighted by Crippen LogP contribution is 2.53. The maximum atomic E-state index is 2.52. The maximum Gasteiger partial charge on any atom is 0.0493 e. The Bertz CT molecular complexity index is 3290. The van der Waals surface area contributed by atoms with Gasteiger partial charge in [-0.2, -0.15) is 0 Å². The Morgan fingerprint density at radius 1 is 0.323 bits per heavy atom. The van der Waals surface area contributed by atoms with Gasteiger partial charge in [0.1, 0.15) is 0 Å². The first-order chi connectivity index (χ1) is 32.0. The lowest BCUT2D eigenvalue weighted by atomic mass is 9.80. The lowest BCUT2D eigenvalue weighted by Crippen LogP contribution is -2.15.